The third kappa shape index (κ3) is 5.27. The van der Waals surface area contributed by atoms with Crippen molar-refractivity contribution in [1.82, 2.24) is 5.32 Å². The summed E-state index contributed by atoms with van der Waals surface area (Å²) < 4.78 is 11.3. The van der Waals surface area contributed by atoms with E-state index in [2.05, 4.69) is 5.32 Å². The Morgan fingerprint density at radius 3 is 2.29 bits per heavy atom. The number of rotatable bonds is 10. The molecule has 0 bridgehead atoms. The van der Waals surface area contributed by atoms with Crippen LogP contribution in [0, 0.1) is 0 Å². The van der Waals surface area contributed by atoms with E-state index in [9.17, 15) is 4.79 Å². The van der Waals surface area contributed by atoms with Crippen LogP contribution in [-0.4, -0.2) is 36.9 Å². The van der Waals surface area contributed by atoms with Gasteiger partial charge >= 0.3 is 5.97 Å². The van der Waals surface area contributed by atoms with Gasteiger partial charge in [0.2, 0.25) is 0 Å². The van der Waals surface area contributed by atoms with Crippen molar-refractivity contribution in [2.75, 3.05) is 20.3 Å². The van der Waals surface area contributed by atoms with Gasteiger partial charge in [0.25, 0.3) is 0 Å². The largest absolute Gasteiger partial charge is 0.490 e. The number of hydrogen-bond acceptors (Lipinski definition) is 4. The second kappa shape index (κ2) is 8.52. The molecule has 0 radical (unpaired) electrons. The Bertz CT molecular complexity index is 450. The molecule has 1 unspecified atom stereocenters. The lowest BCUT2D eigenvalue weighted by Crippen LogP contribution is -2.47. The highest BCUT2D eigenvalue weighted by molar-refractivity contribution is 5.78. The number of ether oxygens (including phenoxy) is 2. The maximum absolute atomic E-state index is 11.2. The molecule has 0 aromatic heterocycles. The second-order valence-electron chi connectivity index (χ2n) is 5.13. The maximum Gasteiger partial charge on any atom is 0.323 e. The SMILES string of the molecule is CCCOc1ccccc1OCCCC(C)(NC)C(=O)O. The van der Waals surface area contributed by atoms with Crippen molar-refractivity contribution >= 4 is 5.97 Å². The van der Waals surface area contributed by atoms with Gasteiger partial charge in [-0.15, -0.1) is 0 Å². The average Bonchev–Trinajstić information content (AvgIpc) is 2.50. The molecule has 1 rings (SSSR count). The highest BCUT2D eigenvalue weighted by Gasteiger charge is 2.30. The number of aliphatic carboxylic acids is 1. The first-order valence-electron chi connectivity index (χ1n) is 7.30. The van der Waals surface area contributed by atoms with Crippen molar-refractivity contribution in [3.8, 4) is 11.5 Å². The molecule has 5 heteroatoms. The monoisotopic (exact) mass is 295 g/mol. The highest BCUT2D eigenvalue weighted by Crippen LogP contribution is 2.27. The van der Waals surface area contributed by atoms with Gasteiger partial charge in [-0.3, -0.25) is 4.79 Å². The molecule has 0 aliphatic rings. The lowest BCUT2D eigenvalue weighted by molar-refractivity contribution is -0.144. The van der Waals surface area contributed by atoms with Crippen LogP contribution in [0.1, 0.15) is 33.1 Å². The maximum atomic E-state index is 11.2. The molecule has 1 aromatic rings. The Kier molecular flexibility index (Phi) is 7.02. The number of hydrogen-bond donors (Lipinski definition) is 2. The minimum Gasteiger partial charge on any atom is -0.490 e. The summed E-state index contributed by atoms with van der Waals surface area (Å²) in [6.45, 7) is 4.83. The summed E-state index contributed by atoms with van der Waals surface area (Å²) in [4.78, 5) is 11.2. The van der Waals surface area contributed by atoms with Crippen molar-refractivity contribution in [2.24, 2.45) is 0 Å². The summed E-state index contributed by atoms with van der Waals surface area (Å²) in [7, 11) is 1.66. The lowest BCUT2D eigenvalue weighted by atomic mass is 9.96. The molecule has 5 nitrogen and oxygen atoms in total. The molecule has 21 heavy (non-hydrogen) atoms. The van der Waals surface area contributed by atoms with Crippen LogP contribution in [0.5, 0.6) is 11.5 Å². The van der Waals surface area contributed by atoms with E-state index in [0.29, 0.717) is 31.8 Å². The van der Waals surface area contributed by atoms with Crippen molar-refractivity contribution in [1.29, 1.82) is 0 Å². The van der Waals surface area contributed by atoms with Crippen LogP contribution in [0.2, 0.25) is 0 Å². The third-order valence-corrected chi connectivity index (χ3v) is 3.41. The number of carboxylic acid groups (broad SMARTS) is 1. The normalized spacial score (nSPS) is 13.5. The molecular weight excluding hydrogens is 270 g/mol. The number of nitrogens with one attached hydrogen (secondary N) is 1. The van der Waals surface area contributed by atoms with Crippen molar-refractivity contribution < 1.29 is 19.4 Å². The zero-order valence-electron chi connectivity index (χ0n) is 13.0. The molecular formula is C16H25NO4. The predicted octanol–water partition coefficient (Wildman–Crippen LogP) is 2.70. The summed E-state index contributed by atoms with van der Waals surface area (Å²) >= 11 is 0. The first kappa shape index (κ1) is 17.3. The molecule has 0 fully saturated rings. The van der Waals surface area contributed by atoms with Crippen LogP contribution in [0.3, 0.4) is 0 Å². The van der Waals surface area contributed by atoms with Gasteiger partial charge in [-0.25, -0.2) is 0 Å². The second-order valence-corrected chi connectivity index (χ2v) is 5.13. The quantitative estimate of drug-likeness (QED) is 0.650. The zero-order valence-corrected chi connectivity index (χ0v) is 13.0. The van der Waals surface area contributed by atoms with E-state index >= 15 is 0 Å². The van der Waals surface area contributed by atoms with Crippen LogP contribution >= 0.6 is 0 Å². The Hall–Kier alpha value is -1.75. The van der Waals surface area contributed by atoms with E-state index in [1.54, 1.807) is 14.0 Å². The van der Waals surface area contributed by atoms with Crippen LogP contribution in [0.25, 0.3) is 0 Å². The van der Waals surface area contributed by atoms with E-state index in [1.807, 2.05) is 31.2 Å². The van der Waals surface area contributed by atoms with Gasteiger partial charge in [-0.1, -0.05) is 19.1 Å². The Morgan fingerprint density at radius 2 is 1.81 bits per heavy atom. The molecule has 0 saturated heterocycles. The molecule has 0 saturated carbocycles. The number of para-hydroxylation sites is 2. The highest BCUT2D eigenvalue weighted by atomic mass is 16.5. The predicted molar refractivity (Wildman–Crippen MR) is 82.1 cm³/mol. The smallest absolute Gasteiger partial charge is 0.323 e. The molecule has 1 aromatic carbocycles. The van der Waals surface area contributed by atoms with E-state index in [1.165, 1.54) is 0 Å². The van der Waals surface area contributed by atoms with Crippen molar-refractivity contribution in [3.63, 3.8) is 0 Å². The summed E-state index contributed by atoms with van der Waals surface area (Å²) in [5.41, 5.74) is -0.915. The fourth-order valence-electron chi connectivity index (χ4n) is 1.85. The van der Waals surface area contributed by atoms with Gasteiger partial charge in [0, 0.05) is 0 Å². The molecule has 0 aliphatic carbocycles. The minimum absolute atomic E-state index is 0.455. The van der Waals surface area contributed by atoms with Gasteiger partial charge in [-0.2, -0.15) is 0 Å². The number of carboxylic acids is 1. The first-order valence-corrected chi connectivity index (χ1v) is 7.30. The van der Waals surface area contributed by atoms with Gasteiger partial charge in [-0.05, 0) is 45.4 Å². The van der Waals surface area contributed by atoms with Gasteiger partial charge in [0.05, 0.1) is 13.2 Å². The van der Waals surface area contributed by atoms with Crippen LogP contribution < -0.4 is 14.8 Å². The van der Waals surface area contributed by atoms with Crippen molar-refractivity contribution in [3.05, 3.63) is 24.3 Å². The zero-order chi connectivity index (χ0) is 15.7. The summed E-state index contributed by atoms with van der Waals surface area (Å²) in [5.74, 6) is 0.582. The topological polar surface area (TPSA) is 67.8 Å². The molecule has 0 heterocycles. The standard InChI is InChI=1S/C16H25NO4/c1-4-11-20-13-8-5-6-9-14(13)21-12-7-10-16(2,17-3)15(18)19/h5-6,8-9,17H,4,7,10-12H2,1-3H3,(H,18,19). The summed E-state index contributed by atoms with van der Waals surface area (Å²) in [6.07, 6.45) is 2.08. The molecule has 0 spiro atoms. The molecule has 0 aliphatic heterocycles. The first-order chi connectivity index (χ1) is 10.0. The Labute approximate surface area is 126 Å². The van der Waals surface area contributed by atoms with Gasteiger partial charge < -0.3 is 19.9 Å². The average molecular weight is 295 g/mol. The van der Waals surface area contributed by atoms with E-state index in [0.717, 1.165) is 12.2 Å². The minimum atomic E-state index is -0.915. The van der Waals surface area contributed by atoms with Gasteiger partial charge in [0.15, 0.2) is 11.5 Å². The molecule has 1 atom stereocenters. The number of likely N-dealkylation sites (N-methyl/N-ethyl adjacent to an activating group) is 1. The van der Waals surface area contributed by atoms with Crippen LogP contribution in [-0.2, 0) is 4.79 Å². The fourth-order valence-corrected chi connectivity index (χ4v) is 1.85. The third-order valence-electron chi connectivity index (χ3n) is 3.41. The lowest BCUT2D eigenvalue weighted by Gasteiger charge is -2.24. The van der Waals surface area contributed by atoms with Gasteiger partial charge in [0.1, 0.15) is 5.54 Å². The van der Waals surface area contributed by atoms with Crippen LogP contribution in [0.4, 0.5) is 0 Å². The number of carbonyl (C=O) groups is 1. The van der Waals surface area contributed by atoms with Crippen molar-refractivity contribution in [2.45, 2.75) is 38.6 Å². The molecule has 2 N–H and O–H groups in total. The Balaban J connectivity index is 2.47. The molecule has 0 amide bonds. The van der Waals surface area contributed by atoms with Crippen LogP contribution in [0.15, 0.2) is 24.3 Å². The molecule has 118 valence electrons. The Morgan fingerprint density at radius 1 is 1.24 bits per heavy atom. The summed E-state index contributed by atoms with van der Waals surface area (Å²) in [6, 6.07) is 7.53. The van der Waals surface area contributed by atoms with E-state index < -0.39 is 11.5 Å². The fraction of sp³-hybridized carbons (Fsp3) is 0.562. The number of benzene rings is 1. The van der Waals surface area contributed by atoms with E-state index in [-0.39, 0.29) is 0 Å². The van der Waals surface area contributed by atoms with E-state index in [4.69, 9.17) is 14.6 Å². The summed E-state index contributed by atoms with van der Waals surface area (Å²) in [5, 5.41) is 12.0.